The SMILES string of the molecule is N[C@@H](Cc1cccc(CO)n1)C(=O)O. The molecule has 1 aromatic heterocycles. The molecule has 14 heavy (non-hydrogen) atoms. The van der Waals surface area contributed by atoms with Crippen molar-refractivity contribution in [3.05, 3.63) is 29.6 Å². The van der Waals surface area contributed by atoms with Crippen LogP contribution in [0.1, 0.15) is 11.4 Å². The van der Waals surface area contributed by atoms with Crippen LogP contribution in [0.2, 0.25) is 0 Å². The highest BCUT2D eigenvalue weighted by molar-refractivity contribution is 5.73. The molecule has 0 unspecified atom stereocenters. The number of aliphatic hydroxyl groups is 1. The monoisotopic (exact) mass is 196 g/mol. The largest absolute Gasteiger partial charge is 0.480 e. The van der Waals surface area contributed by atoms with E-state index in [1.807, 2.05) is 0 Å². The Hall–Kier alpha value is -1.46. The minimum Gasteiger partial charge on any atom is -0.480 e. The number of carboxylic acid groups (broad SMARTS) is 1. The molecule has 0 bridgehead atoms. The third-order valence-corrected chi connectivity index (χ3v) is 1.77. The lowest BCUT2D eigenvalue weighted by Crippen LogP contribution is -2.32. The summed E-state index contributed by atoms with van der Waals surface area (Å²) in [7, 11) is 0. The van der Waals surface area contributed by atoms with Crippen molar-refractivity contribution in [2.24, 2.45) is 5.73 Å². The number of aromatic nitrogens is 1. The predicted molar refractivity (Wildman–Crippen MR) is 49.5 cm³/mol. The molecular formula is C9H12N2O3. The molecule has 1 aromatic rings. The van der Waals surface area contributed by atoms with Gasteiger partial charge in [0, 0.05) is 12.1 Å². The second kappa shape index (κ2) is 4.69. The Balaban J connectivity index is 2.71. The predicted octanol–water partition coefficient (Wildman–Crippen LogP) is -0.472. The van der Waals surface area contributed by atoms with E-state index in [4.69, 9.17) is 15.9 Å². The van der Waals surface area contributed by atoms with E-state index in [0.717, 1.165) is 0 Å². The van der Waals surface area contributed by atoms with Crippen LogP contribution in [-0.2, 0) is 17.8 Å². The average molecular weight is 196 g/mol. The quantitative estimate of drug-likeness (QED) is 0.604. The molecule has 4 N–H and O–H groups in total. The Morgan fingerprint density at radius 2 is 2.14 bits per heavy atom. The molecule has 0 saturated heterocycles. The summed E-state index contributed by atoms with van der Waals surface area (Å²) in [6.45, 7) is -0.157. The summed E-state index contributed by atoms with van der Waals surface area (Å²) in [4.78, 5) is 14.5. The van der Waals surface area contributed by atoms with Crippen molar-refractivity contribution in [1.29, 1.82) is 0 Å². The number of rotatable bonds is 4. The first-order valence-electron chi connectivity index (χ1n) is 4.17. The fourth-order valence-electron chi connectivity index (χ4n) is 1.04. The standard InChI is InChI=1S/C9H12N2O3/c10-8(9(13)14)4-6-2-1-3-7(5-12)11-6/h1-3,8,12H,4-5,10H2,(H,13,14)/t8-/m0/s1. The van der Waals surface area contributed by atoms with Crippen molar-refractivity contribution >= 4 is 5.97 Å². The molecule has 0 amide bonds. The third-order valence-electron chi connectivity index (χ3n) is 1.77. The Kier molecular flexibility index (Phi) is 3.55. The van der Waals surface area contributed by atoms with Gasteiger partial charge in [-0.1, -0.05) is 6.07 Å². The van der Waals surface area contributed by atoms with Crippen LogP contribution >= 0.6 is 0 Å². The van der Waals surface area contributed by atoms with Gasteiger partial charge in [-0.15, -0.1) is 0 Å². The molecule has 0 aliphatic carbocycles. The number of pyridine rings is 1. The Morgan fingerprint density at radius 1 is 1.50 bits per heavy atom. The lowest BCUT2D eigenvalue weighted by Gasteiger charge is -2.06. The van der Waals surface area contributed by atoms with E-state index < -0.39 is 12.0 Å². The fraction of sp³-hybridized carbons (Fsp3) is 0.333. The zero-order valence-corrected chi connectivity index (χ0v) is 7.55. The van der Waals surface area contributed by atoms with Crippen LogP contribution in [0, 0.1) is 0 Å². The maximum absolute atomic E-state index is 10.5. The average Bonchev–Trinajstić information content (AvgIpc) is 2.18. The topological polar surface area (TPSA) is 96.4 Å². The molecule has 1 rings (SSSR count). The van der Waals surface area contributed by atoms with Gasteiger partial charge < -0.3 is 15.9 Å². The fourth-order valence-corrected chi connectivity index (χ4v) is 1.04. The van der Waals surface area contributed by atoms with Crippen LogP contribution in [0.5, 0.6) is 0 Å². The van der Waals surface area contributed by atoms with E-state index in [9.17, 15) is 4.79 Å². The second-order valence-corrected chi connectivity index (χ2v) is 2.93. The highest BCUT2D eigenvalue weighted by atomic mass is 16.4. The smallest absolute Gasteiger partial charge is 0.320 e. The molecule has 0 saturated carbocycles. The highest BCUT2D eigenvalue weighted by Gasteiger charge is 2.12. The van der Waals surface area contributed by atoms with Gasteiger partial charge in [-0.3, -0.25) is 9.78 Å². The minimum absolute atomic E-state index is 0.157. The third kappa shape index (κ3) is 2.79. The highest BCUT2D eigenvalue weighted by Crippen LogP contribution is 2.02. The molecule has 1 heterocycles. The maximum Gasteiger partial charge on any atom is 0.320 e. The van der Waals surface area contributed by atoms with E-state index in [-0.39, 0.29) is 13.0 Å². The van der Waals surface area contributed by atoms with Gasteiger partial charge >= 0.3 is 5.97 Å². The molecule has 5 nitrogen and oxygen atoms in total. The summed E-state index contributed by atoms with van der Waals surface area (Å²) in [5.41, 5.74) is 6.43. The van der Waals surface area contributed by atoms with Gasteiger partial charge in [-0.05, 0) is 12.1 Å². The second-order valence-electron chi connectivity index (χ2n) is 2.93. The number of hydrogen-bond donors (Lipinski definition) is 3. The van der Waals surface area contributed by atoms with Crippen molar-refractivity contribution in [2.45, 2.75) is 19.1 Å². The molecule has 5 heteroatoms. The molecule has 0 aromatic carbocycles. The van der Waals surface area contributed by atoms with Crippen molar-refractivity contribution in [3.63, 3.8) is 0 Å². The lowest BCUT2D eigenvalue weighted by molar-refractivity contribution is -0.138. The Labute approximate surface area is 81.2 Å². The molecule has 0 spiro atoms. The first-order chi connectivity index (χ1) is 6.63. The summed E-state index contributed by atoms with van der Waals surface area (Å²) >= 11 is 0. The number of nitrogens with two attached hydrogens (primary N) is 1. The minimum atomic E-state index is -1.05. The van der Waals surface area contributed by atoms with Crippen LogP contribution < -0.4 is 5.73 Å². The van der Waals surface area contributed by atoms with Gasteiger partial charge in [0.15, 0.2) is 0 Å². The van der Waals surface area contributed by atoms with Crippen molar-refractivity contribution in [1.82, 2.24) is 4.98 Å². The van der Waals surface area contributed by atoms with E-state index in [2.05, 4.69) is 4.98 Å². The number of carboxylic acids is 1. The van der Waals surface area contributed by atoms with Crippen LogP contribution in [-0.4, -0.2) is 27.2 Å². The van der Waals surface area contributed by atoms with Crippen molar-refractivity contribution in [3.8, 4) is 0 Å². The number of aliphatic carboxylic acids is 1. The van der Waals surface area contributed by atoms with Crippen LogP contribution in [0.4, 0.5) is 0 Å². The molecule has 0 aliphatic rings. The van der Waals surface area contributed by atoms with E-state index in [1.54, 1.807) is 18.2 Å². The Bertz CT molecular complexity index is 328. The van der Waals surface area contributed by atoms with Gasteiger partial charge in [0.2, 0.25) is 0 Å². The van der Waals surface area contributed by atoms with Gasteiger partial charge in [-0.25, -0.2) is 0 Å². The summed E-state index contributed by atoms with van der Waals surface area (Å²) < 4.78 is 0. The van der Waals surface area contributed by atoms with Gasteiger partial charge in [0.05, 0.1) is 12.3 Å². The molecule has 76 valence electrons. The zero-order chi connectivity index (χ0) is 10.6. The first kappa shape index (κ1) is 10.6. The first-order valence-corrected chi connectivity index (χ1v) is 4.17. The van der Waals surface area contributed by atoms with E-state index in [0.29, 0.717) is 11.4 Å². The molecule has 1 atom stereocenters. The van der Waals surface area contributed by atoms with Gasteiger partial charge in [0.1, 0.15) is 6.04 Å². The maximum atomic E-state index is 10.5. The zero-order valence-electron chi connectivity index (χ0n) is 7.55. The lowest BCUT2D eigenvalue weighted by atomic mass is 10.1. The summed E-state index contributed by atoms with van der Waals surface area (Å²) in [5.74, 6) is -1.05. The number of hydrogen-bond acceptors (Lipinski definition) is 4. The van der Waals surface area contributed by atoms with Crippen LogP contribution in [0.25, 0.3) is 0 Å². The van der Waals surface area contributed by atoms with Crippen LogP contribution in [0.3, 0.4) is 0 Å². The number of carbonyl (C=O) groups is 1. The Morgan fingerprint density at radius 3 is 2.71 bits per heavy atom. The van der Waals surface area contributed by atoms with Crippen molar-refractivity contribution < 1.29 is 15.0 Å². The van der Waals surface area contributed by atoms with E-state index >= 15 is 0 Å². The van der Waals surface area contributed by atoms with E-state index in [1.165, 1.54) is 0 Å². The van der Waals surface area contributed by atoms with Gasteiger partial charge in [-0.2, -0.15) is 0 Å². The molecular weight excluding hydrogens is 184 g/mol. The summed E-state index contributed by atoms with van der Waals surface area (Å²) in [6.07, 6.45) is 0.170. The number of aliphatic hydroxyl groups excluding tert-OH is 1. The van der Waals surface area contributed by atoms with Crippen LogP contribution in [0.15, 0.2) is 18.2 Å². The molecule has 0 fully saturated rings. The summed E-state index contributed by atoms with van der Waals surface area (Å²) in [6, 6.07) is 4.11. The van der Waals surface area contributed by atoms with Crippen molar-refractivity contribution in [2.75, 3.05) is 0 Å². The molecule has 0 aliphatic heterocycles. The normalized spacial score (nSPS) is 12.4. The van der Waals surface area contributed by atoms with Gasteiger partial charge in [0.25, 0.3) is 0 Å². The number of nitrogens with zero attached hydrogens (tertiary/aromatic N) is 1. The molecule has 0 radical (unpaired) electrons. The summed E-state index contributed by atoms with van der Waals surface area (Å²) in [5, 5.41) is 17.4.